The van der Waals surface area contributed by atoms with Gasteiger partial charge < -0.3 is 26.0 Å². The summed E-state index contributed by atoms with van der Waals surface area (Å²) in [6.07, 6.45) is 9.93. The van der Waals surface area contributed by atoms with Crippen LogP contribution >= 0.6 is 0 Å². The van der Waals surface area contributed by atoms with Crippen LogP contribution in [0.15, 0.2) is 24.3 Å². The Labute approximate surface area is 277 Å². The molecule has 0 radical (unpaired) electrons. The third-order valence-electron chi connectivity index (χ3n) is 9.92. The lowest BCUT2D eigenvalue weighted by atomic mass is 9.81. The van der Waals surface area contributed by atoms with Gasteiger partial charge in [-0.25, -0.2) is 0 Å². The Morgan fingerprint density at radius 3 is 2.28 bits per heavy atom. The van der Waals surface area contributed by atoms with E-state index in [4.69, 9.17) is 0 Å². The lowest BCUT2D eigenvalue weighted by Crippen LogP contribution is -2.57. The summed E-state index contributed by atoms with van der Waals surface area (Å²) >= 11 is 0. The average molecular weight is 641 g/mol. The molecule has 1 aromatic carbocycles. The highest BCUT2D eigenvalue weighted by Gasteiger charge is 2.39. The van der Waals surface area contributed by atoms with Gasteiger partial charge in [-0.2, -0.15) is 0 Å². The van der Waals surface area contributed by atoms with E-state index in [2.05, 4.69) is 29.8 Å². The van der Waals surface area contributed by atoms with Crippen molar-refractivity contribution in [1.29, 1.82) is 0 Å². The van der Waals surface area contributed by atoms with E-state index in [1.54, 1.807) is 4.90 Å². The number of fused-ring (bicyclic) bond motifs is 1. The summed E-state index contributed by atoms with van der Waals surface area (Å²) < 4.78 is 0. The number of carbonyl (C=O) groups excluding carboxylic acids is 4. The molecule has 1 heterocycles. The van der Waals surface area contributed by atoms with Crippen LogP contribution in [0.25, 0.3) is 0 Å². The van der Waals surface area contributed by atoms with E-state index in [1.807, 2.05) is 38.1 Å². The molecule has 1 fully saturated rings. The highest BCUT2D eigenvalue weighted by atomic mass is 16.3. The predicted molar refractivity (Wildman–Crippen MR) is 182 cm³/mol. The molecule has 0 unspecified atom stereocenters. The zero-order valence-electron chi connectivity index (χ0n) is 29.0. The topological polar surface area (TPSA) is 128 Å². The van der Waals surface area contributed by atoms with Crippen molar-refractivity contribution in [2.24, 2.45) is 17.8 Å². The zero-order chi connectivity index (χ0) is 33.6. The molecule has 1 aliphatic carbocycles. The minimum atomic E-state index is -0.908. The predicted octanol–water partition coefficient (Wildman–Crippen LogP) is 5.03. The highest BCUT2D eigenvalue weighted by Crippen LogP contribution is 2.30. The molecule has 0 aromatic heterocycles. The van der Waals surface area contributed by atoms with Gasteiger partial charge in [0.15, 0.2) is 0 Å². The minimum Gasteiger partial charge on any atom is -0.391 e. The molecule has 3 rings (SSSR count). The van der Waals surface area contributed by atoms with Crippen molar-refractivity contribution in [3.8, 4) is 0 Å². The molecule has 2 aliphatic rings. The Balaban J connectivity index is 1.89. The Morgan fingerprint density at radius 1 is 0.978 bits per heavy atom. The lowest BCUT2D eigenvalue weighted by Gasteiger charge is -2.36. The van der Waals surface area contributed by atoms with Gasteiger partial charge in [-0.05, 0) is 48.6 Å². The third kappa shape index (κ3) is 11.1. The molecule has 5 atom stereocenters. The van der Waals surface area contributed by atoms with E-state index < -0.39 is 24.2 Å². The van der Waals surface area contributed by atoms with Crippen LogP contribution in [0.3, 0.4) is 0 Å². The summed E-state index contributed by atoms with van der Waals surface area (Å²) in [6, 6.07) is 5.76. The number of unbranched alkanes of at least 4 members (excludes halogenated alkanes) is 2. The van der Waals surface area contributed by atoms with Crippen LogP contribution < -0.4 is 16.0 Å². The van der Waals surface area contributed by atoms with E-state index >= 15 is 0 Å². The van der Waals surface area contributed by atoms with Gasteiger partial charge in [0.05, 0.1) is 12.1 Å². The third-order valence-corrected chi connectivity index (χ3v) is 9.92. The van der Waals surface area contributed by atoms with Crippen molar-refractivity contribution < 1.29 is 24.3 Å². The molecular weight excluding hydrogens is 580 g/mol. The van der Waals surface area contributed by atoms with Crippen LogP contribution in [0.4, 0.5) is 0 Å². The Hall–Kier alpha value is -2.94. The molecular formula is C37H60N4O5. The van der Waals surface area contributed by atoms with Gasteiger partial charge in [0.2, 0.25) is 23.6 Å². The van der Waals surface area contributed by atoms with E-state index in [1.165, 1.54) is 13.3 Å². The smallest absolute Gasteiger partial charge is 0.246 e. The van der Waals surface area contributed by atoms with Crippen LogP contribution in [0.5, 0.6) is 0 Å². The van der Waals surface area contributed by atoms with Gasteiger partial charge >= 0.3 is 0 Å². The number of nitrogens with one attached hydrogen (secondary N) is 3. The fraction of sp³-hybridized carbons (Fsp3) is 0.730. The normalized spacial score (nSPS) is 19.8. The number of hydrogen-bond donors (Lipinski definition) is 4. The number of aliphatic hydroxyl groups is 1. The first-order chi connectivity index (χ1) is 22.0. The van der Waals surface area contributed by atoms with Crippen molar-refractivity contribution >= 4 is 23.6 Å². The average Bonchev–Trinajstić information content (AvgIpc) is 3.15. The summed E-state index contributed by atoms with van der Waals surface area (Å²) in [5.41, 5.74) is 1.94. The number of amides is 4. The first kappa shape index (κ1) is 37.5. The van der Waals surface area contributed by atoms with Crippen LogP contribution in [0.2, 0.25) is 0 Å². The fourth-order valence-electron chi connectivity index (χ4n) is 7.13. The second-order valence-electron chi connectivity index (χ2n) is 14.0. The standard InChI is InChI=1S/C37H60N4O5/c1-6-8-19-33(41-24-29-18-14-13-17-28(29)22-32(37(41)46)39-26(5)42)36(45)40-31(21-27-15-11-10-12-16-27)34(43)23-30(25(3)4)35(44)38-20-9-7-2/h13-14,17-18,25,27,30-34,43H,6-12,15-16,19-24H2,1-5H3,(H,38,44)(H,39,42)(H,40,45)/t30-,31-,32-,33-,34-/m0/s1. The van der Waals surface area contributed by atoms with E-state index in [0.717, 1.165) is 62.5 Å². The van der Waals surface area contributed by atoms with E-state index in [9.17, 15) is 24.3 Å². The number of rotatable bonds is 17. The second-order valence-corrected chi connectivity index (χ2v) is 14.0. The summed E-state index contributed by atoms with van der Waals surface area (Å²) in [7, 11) is 0. The molecule has 0 saturated heterocycles. The molecule has 4 amide bonds. The van der Waals surface area contributed by atoms with Gasteiger partial charge in [-0.3, -0.25) is 19.2 Å². The van der Waals surface area contributed by atoms with Crippen molar-refractivity contribution in [2.45, 2.75) is 149 Å². The van der Waals surface area contributed by atoms with Crippen LogP contribution in [0.1, 0.15) is 123 Å². The molecule has 0 bridgehead atoms. The molecule has 0 spiro atoms. The first-order valence-electron chi connectivity index (χ1n) is 18.0. The number of nitrogens with zero attached hydrogens (tertiary/aromatic N) is 1. The summed E-state index contributed by atoms with van der Waals surface area (Å²) in [5.74, 6) is -0.859. The SMILES string of the molecule is CCCCNC(=O)[C@@H](C[C@H](O)[C@H](CC1CCCCC1)NC(=O)[C@H](CCCC)N1Cc2ccccc2C[C@H](NC(C)=O)C1=O)C(C)C. The number of aliphatic hydroxyl groups excluding tert-OH is 1. The van der Waals surface area contributed by atoms with Gasteiger partial charge in [0.1, 0.15) is 12.1 Å². The maximum atomic E-state index is 14.3. The van der Waals surface area contributed by atoms with Crippen LogP contribution in [-0.2, 0) is 32.1 Å². The molecule has 1 saturated carbocycles. The van der Waals surface area contributed by atoms with Gasteiger partial charge in [-0.15, -0.1) is 0 Å². The zero-order valence-corrected chi connectivity index (χ0v) is 29.0. The largest absolute Gasteiger partial charge is 0.391 e. The molecule has 9 nitrogen and oxygen atoms in total. The molecule has 9 heteroatoms. The van der Waals surface area contributed by atoms with Crippen molar-refractivity contribution in [3.63, 3.8) is 0 Å². The molecule has 4 N–H and O–H groups in total. The second kappa shape index (κ2) is 19.0. The number of carbonyl (C=O) groups is 4. The first-order valence-corrected chi connectivity index (χ1v) is 18.0. The Morgan fingerprint density at radius 2 is 1.65 bits per heavy atom. The Kier molecular flexibility index (Phi) is 15.5. The number of benzene rings is 1. The molecule has 1 aromatic rings. The van der Waals surface area contributed by atoms with Gasteiger partial charge in [0.25, 0.3) is 0 Å². The van der Waals surface area contributed by atoms with Crippen molar-refractivity contribution in [1.82, 2.24) is 20.9 Å². The molecule has 46 heavy (non-hydrogen) atoms. The lowest BCUT2D eigenvalue weighted by molar-refractivity contribution is -0.144. The Bertz CT molecular complexity index is 1130. The van der Waals surface area contributed by atoms with Crippen LogP contribution in [-0.4, -0.2) is 64.4 Å². The number of hydrogen-bond acceptors (Lipinski definition) is 5. The van der Waals surface area contributed by atoms with Gasteiger partial charge in [-0.1, -0.05) is 103 Å². The molecule has 1 aliphatic heterocycles. The minimum absolute atomic E-state index is 0.0279. The molecule has 258 valence electrons. The summed E-state index contributed by atoms with van der Waals surface area (Å²) in [6.45, 7) is 10.4. The van der Waals surface area contributed by atoms with E-state index in [0.29, 0.717) is 31.7 Å². The highest BCUT2D eigenvalue weighted by molar-refractivity contribution is 5.92. The summed E-state index contributed by atoms with van der Waals surface area (Å²) in [4.78, 5) is 55.3. The van der Waals surface area contributed by atoms with Gasteiger partial charge in [0, 0.05) is 32.4 Å². The fourth-order valence-corrected chi connectivity index (χ4v) is 7.13. The monoisotopic (exact) mass is 640 g/mol. The quantitative estimate of drug-likeness (QED) is 0.178. The van der Waals surface area contributed by atoms with Crippen LogP contribution in [0, 0.1) is 17.8 Å². The van der Waals surface area contributed by atoms with E-state index in [-0.39, 0.29) is 48.4 Å². The van der Waals surface area contributed by atoms with Crippen molar-refractivity contribution in [3.05, 3.63) is 35.4 Å². The maximum absolute atomic E-state index is 14.3. The summed E-state index contributed by atoms with van der Waals surface area (Å²) in [5, 5.41) is 20.8. The maximum Gasteiger partial charge on any atom is 0.246 e. The van der Waals surface area contributed by atoms with Crippen molar-refractivity contribution in [2.75, 3.05) is 6.54 Å².